The molecule has 0 fully saturated rings. The molecule has 0 aromatic carbocycles. The molecule has 0 heterocycles. The van der Waals surface area contributed by atoms with Crippen molar-refractivity contribution in [1.29, 1.82) is 0 Å². The Morgan fingerprint density at radius 3 is 0.864 bits per heavy atom. The second kappa shape index (κ2) is 61.3. The topological polar surface area (TPSA) is 237 Å². The van der Waals surface area contributed by atoms with Crippen molar-refractivity contribution in [3.63, 3.8) is 0 Å². The third kappa shape index (κ3) is 61.6. The van der Waals surface area contributed by atoms with Gasteiger partial charge in [0, 0.05) is 25.7 Å². The number of unbranched alkanes of at least 4 members (excludes halogenated alkanes) is 37. The predicted octanol–water partition coefficient (Wildman–Crippen LogP) is 19.6. The summed E-state index contributed by atoms with van der Waals surface area (Å²) in [5.74, 6) is -0.618. The van der Waals surface area contributed by atoms with Crippen molar-refractivity contribution >= 4 is 39.5 Å². The average molecular weight is 1300 g/mol. The Balaban J connectivity index is 5.19. The molecule has 0 rings (SSSR count). The largest absolute Gasteiger partial charge is 0.472 e. The third-order valence-electron chi connectivity index (χ3n) is 16.3. The molecule has 0 aliphatic carbocycles. The number of phosphoric acid groups is 2. The van der Waals surface area contributed by atoms with E-state index in [9.17, 15) is 43.2 Å². The summed E-state index contributed by atoms with van der Waals surface area (Å²) in [4.78, 5) is 72.3. The minimum atomic E-state index is -4.95. The Hall–Kier alpha value is -1.94. The first-order valence-electron chi connectivity index (χ1n) is 36.0. The molecule has 0 aliphatic rings. The highest BCUT2D eigenvalue weighted by molar-refractivity contribution is 7.47. The number of carbonyl (C=O) groups excluding carboxylic acids is 4. The zero-order valence-electron chi connectivity index (χ0n) is 57.0. The minimum absolute atomic E-state index is 0.102. The van der Waals surface area contributed by atoms with Crippen LogP contribution in [0.2, 0.25) is 0 Å². The lowest BCUT2D eigenvalue weighted by atomic mass is 9.99. The second-order valence-electron chi connectivity index (χ2n) is 25.6. The third-order valence-corrected chi connectivity index (χ3v) is 18.2. The first-order valence-corrected chi connectivity index (χ1v) is 39.0. The van der Waals surface area contributed by atoms with E-state index in [0.29, 0.717) is 31.6 Å². The van der Waals surface area contributed by atoms with Gasteiger partial charge in [-0.3, -0.25) is 37.3 Å². The average Bonchev–Trinajstić information content (AvgIpc) is 3.69. The van der Waals surface area contributed by atoms with Crippen molar-refractivity contribution in [2.45, 2.75) is 368 Å². The van der Waals surface area contributed by atoms with Gasteiger partial charge < -0.3 is 33.8 Å². The van der Waals surface area contributed by atoms with Gasteiger partial charge in [0.1, 0.15) is 19.3 Å². The summed E-state index contributed by atoms with van der Waals surface area (Å²) in [5.41, 5.74) is 0. The van der Waals surface area contributed by atoms with Crippen molar-refractivity contribution < 1.29 is 80.2 Å². The lowest BCUT2D eigenvalue weighted by molar-refractivity contribution is -0.161. The molecule has 0 aliphatic heterocycles. The van der Waals surface area contributed by atoms with Crippen LogP contribution >= 0.6 is 15.6 Å². The van der Waals surface area contributed by atoms with E-state index in [1.807, 2.05) is 0 Å². The van der Waals surface area contributed by atoms with Gasteiger partial charge in [0.15, 0.2) is 12.2 Å². The monoisotopic (exact) mass is 1300 g/mol. The number of rotatable bonds is 68. The van der Waals surface area contributed by atoms with Crippen LogP contribution in [-0.4, -0.2) is 96.7 Å². The van der Waals surface area contributed by atoms with Crippen LogP contribution in [0.25, 0.3) is 0 Å². The van der Waals surface area contributed by atoms with Crippen molar-refractivity contribution in [2.75, 3.05) is 39.6 Å². The molecule has 88 heavy (non-hydrogen) atoms. The van der Waals surface area contributed by atoms with E-state index in [2.05, 4.69) is 41.5 Å². The van der Waals surface area contributed by atoms with Gasteiger partial charge in [0.05, 0.1) is 26.4 Å². The lowest BCUT2D eigenvalue weighted by Crippen LogP contribution is -2.30. The van der Waals surface area contributed by atoms with E-state index in [4.69, 9.17) is 37.0 Å². The molecule has 522 valence electrons. The summed E-state index contributed by atoms with van der Waals surface area (Å²) in [6, 6.07) is 0. The first-order chi connectivity index (χ1) is 42.4. The van der Waals surface area contributed by atoms with Gasteiger partial charge in [-0.25, -0.2) is 9.13 Å². The Labute approximate surface area is 537 Å². The smallest absolute Gasteiger partial charge is 0.462 e. The summed E-state index contributed by atoms with van der Waals surface area (Å²) >= 11 is 0. The van der Waals surface area contributed by atoms with E-state index in [1.54, 1.807) is 0 Å². The van der Waals surface area contributed by atoms with Crippen LogP contribution in [-0.2, 0) is 65.4 Å². The Bertz CT molecular complexity index is 1720. The number of ether oxygens (including phenoxy) is 4. The number of hydrogen-bond acceptors (Lipinski definition) is 15. The van der Waals surface area contributed by atoms with E-state index in [0.717, 1.165) is 109 Å². The number of hydrogen-bond donors (Lipinski definition) is 3. The molecule has 3 N–H and O–H groups in total. The fourth-order valence-corrected chi connectivity index (χ4v) is 12.0. The predicted molar refractivity (Wildman–Crippen MR) is 354 cm³/mol. The summed E-state index contributed by atoms with van der Waals surface area (Å²) in [6.07, 6.45) is 46.1. The highest BCUT2D eigenvalue weighted by Gasteiger charge is 2.30. The second-order valence-corrected chi connectivity index (χ2v) is 28.5. The first kappa shape index (κ1) is 86.1. The maximum absolute atomic E-state index is 13.0. The van der Waals surface area contributed by atoms with E-state index < -0.39 is 97.5 Å². The van der Waals surface area contributed by atoms with Gasteiger partial charge >= 0.3 is 39.5 Å². The highest BCUT2D eigenvalue weighted by Crippen LogP contribution is 2.45. The molecule has 19 heteroatoms. The fourth-order valence-electron chi connectivity index (χ4n) is 10.4. The minimum Gasteiger partial charge on any atom is -0.462 e. The van der Waals surface area contributed by atoms with E-state index in [-0.39, 0.29) is 25.7 Å². The van der Waals surface area contributed by atoms with Crippen LogP contribution in [0.3, 0.4) is 0 Å². The summed E-state index contributed by atoms with van der Waals surface area (Å²) in [7, 11) is -9.89. The molecular weight excluding hydrogens is 1160 g/mol. The van der Waals surface area contributed by atoms with Crippen LogP contribution in [0.15, 0.2) is 0 Å². The van der Waals surface area contributed by atoms with Crippen molar-refractivity contribution in [3.05, 3.63) is 0 Å². The van der Waals surface area contributed by atoms with Crippen molar-refractivity contribution in [2.24, 2.45) is 11.8 Å². The molecule has 0 amide bonds. The van der Waals surface area contributed by atoms with Crippen molar-refractivity contribution in [1.82, 2.24) is 0 Å². The molecule has 0 saturated carbocycles. The molecule has 0 aromatic heterocycles. The molecule has 17 nitrogen and oxygen atoms in total. The van der Waals surface area contributed by atoms with Crippen LogP contribution < -0.4 is 0 Å². The Kier molecular flexibility index (Phi) is 59.9. The summed E-state index contributed by atoms with van der Waals surface area (Å²) in [5, 5.41) is 10.6. The number of esters is 4. The van der Waals surface area contributed by atoms with Gasteiger partial charge in [-0.05, 0) is 37.5 Å². The molecule has 0 spiro atoms. The van der Waals surface area contributed by atoms with Crippen molar-refractivity contribution in [3.8, 4) is 0 Å². The van der Waals surface area contributed by atoms with Gasteiger partial charge in [0.25, 0.3) is 0 Å². The fraction of sp³-hybridized carbons (Fsp3) is 0.942. The molecule has 0 bridgehead atoms. The SMILES string of the molecule is CCCCCCCCCCCCCCCCC(=O)OC[C@H](COP(=O)(O)OC[C@@H](O)COP(=O)(O)OC[C@@H](COC(=O)CCCCCCCCC)OC(=O)CCCCCCCCC(C)C)OC(=O)CCCCCCCCCCCCCCCCC(C)CC. The van der Waals surface area contributed by atoms with Crippen LogP contribution in [0, 0.1) is 11.8 Å². The molecule has 0 radical (unpaired) electrons. The lowest BCUT2D eigenvalue weighted by Gasteiger charge is -2.21. The van der Waals surface area contributed by atoms with Gasteiger partial charge in [-0.2, -0.15) is 0 Å². The molecular formula is C69H134O17P2. The Morgan fingerprint density at radius 1 is 0.330 bits per heavy atom. The quantitative estimate of drug-likeness (QED) is 0.0222. The number of phosphoric ester groups is 2. The van der Waals surface area contributed by atoms with E-state index >= 15 is 0 Å². The summed E-state index contributed by atoms with van der Waals surface area (Å²) < 4.78 is 68.1. The molecule has 6 atom stereocenters. The Morgan fingerprint density at radius 2 is 0.580 bits per heavy atom. The molecule has 3 unspecified atom stereocenters. The standard InChI is InChI=1S/C69H134O17P2/c1-7-10-12-14-16-17-18-19-23-26-29-33-40-46-52-67(72)80-58-64(85-68(73)53-47-41-34-30-27-24-21-20-22-25-28-32-38-44-50-62(6)9-3)59-83-87(75,76)81-55-63(70)56-82-88(77,78)84-60-65(57-79-66(71)51-45-39-31-15-13-11-8-2)86-69(74)54-48-42-36-35-37-43-49-61(4)5/h61-65,70H,7-60H2,1-6H3,(H,75,76)(H,77,78)/t62?,63-,64-,65-/m1/s1. The maximum Gasteiger partial charge on any atom is 0.472 e. The number of aliphatic hydroxyl groups is 1. The van der Waals surface area contributed by atoms with E-state index in [1.165, 1.54) is 154 Å². The van der Waals surface area contributed by atoms with Crippen LogP contribution in [0.5, 0.6) is 0 Å². The zero-order valence-corrected chi connectivity index (χ0v) is 58.8. The van der Waals surface area contributed by atoms with Gasteiger partial charge in [-0.1, -0.05) is 298 Å². The van der Waals surface area contributed by atoms with Crippen LogP contribution in [0.4, 0.5) is 0 Å². The van der Waals surface area contributed by atoms with Crippen LogP contribution in [0.1, 0.15) is 350 Å². The number of carbonyl (C=O) groups is 4. The molecule has 0 saturated heterocycles. The van der Waals surface area contributed by atoms with Gasteiger partial charge in [-0.15, -0.1) is 0 Å². The zero-order chi connectivity index (χ0) is 65.0. The maximum atomic E-state index is 13.0. The normalized spacial score (nSPS) is 14.5. The molecule has 0 aromatic rings. The number of aliphatic hydroxyl groups excluding tert-OH is 1. The highest BCUT2D eigenvalue weighted by atomic mass is 31.2. The van der Waals surface area contributed by atoms with Gasteiger partial charge in [0.2, 0.25) is 0 Å². The summed E-state index contributed by atoms with van der Waals surface area (Å²) in [6.45, 7) is 9.46.